The Morgan fingerprint density at radius 3 is 2.35 bits per heavy atom. The van der Waals surface area contributed by atoms with E-state index in [1.54, 1.807) is 31.3 Å². The molecule has 0 atom stereocenters. The van der Waals surface area contributed by atoms with Crippen LogP contribution in [-0.4, -0.2) is 50.8 Å². The lowest BCUT2D eigenvalue weighted by atomic mass is 10.1. The van der Waals surface area contributed by atoms with Gasteiger partial charge in [-0.05, 0) is 50.2 Å². The molecule has 1 saturated heterocycles. The van der Waals surface area contributed by atoms with Gasteiger partial charge in [0.05, 0.1) is 4.90 Å². The summed E-state index contributed by atoms with van der Waals surface area (Å²) < 4.78 is 26.2. The molecule has 0 spiro atoms. The van der Waals surface area contributed by atoms with Gasteiger partial charge in [-0.3, -0.25) is 0 Å². The maximum Gasteiger partial charge on any atom is 0.242 e. The fourth-order valence-corrected chi connectivity index (χ4v) is 3.66. The van der Waals surface area contributed by atoms with Gasteiger partial charge in [0.1, 0.15) is 0 Å². The molecule has 0 N–H and O–H groups in total. The van der Waals surface area contributed by atoms with Crippen LogP contribution in [0, 0.1) is 0 Å². The lowest BCUT2D eigenvalue weighted by molar-refractivity contribution is 0.218. The Hall–Kier alpha value is -0.620. The molecule has 1 aromatic rings. The van der Waals surface area contributed by atoms with Crippen molar-refractivity contribution >= 4 is 21.6 Å². The van der Waals surface area contributed by atoms with Gasteiger partial charge in [0.25, 0.3) is 0 Å². The number of hydrogen-bond acceptors (Lipinski definition) is 3. The second-order valence-electron chi connectivity index (χ2n) is 5.18. The number of piperidine rings is 1. The standard InChI is InChI=1S/C14H21ClN2O2S/c1-16(11-12-17-9-3-2-4-10-17)20(18,19)14-7-5-13(15)6-8-14/h5-8H,2-4,9-12H2,1H3. The van der Waals surface area contributed by atoms with E-state index in [0.29, 0.717) is 16.5 Å². The minimum atomic E-state index is -3.41. The van der Waals surface area contributed by atoms with Gasteiger partial charge < -0.3 is 4.90 Å². The minimum Gasteiger partial charge on any atom is -0.302 e. The Bertz CT molecular complexity index is 525. The van der Waals surface area contributed by atoms with Crippen LogP contribution in [0.4, 0.5) is 0 Å². The SMILES string of the molecule is CN(CCN1CCCCC1)S(=O)(=O)c1ccc(Cl)cc1. The number of sulfonamides is 1. The largest absolute Gasteiger partial charge is 0.302 e. The predicted octanol–water partition coefficient (Wildman–Crippen LogP) is 2.45. The first-order valence-corrected chi connectivity index (χ1v) is 8.76. The molecule has 0 unspecified atom stereocenters. The van der Waals surface area contributed by atoms with Crippen LogP contribution < -0.4 is 0 Å². The number of nitrogens with zero attached hydrogens (tertiary/aromatic N) is 2. The van der Waals surface area contributed by atoms with E-state index in [-0.39, 0.29) is 0 Å². The summed E-state index contributed by atoms with van der Waals surface area (Å²) in [4.78, 5) is 2.63. The third kappa shape index (κ3) is 3.95. The van der Waals surface area contributed by atoms with Crippen molar-refractivity contribution in [1.82, 2.24) is 9.21 Å². The Labute approximate surface area is 126 Å². The zero-order chi connectivity index (χ0) is 14.6. The maximum absolute atomic E-state index is 12.4. The molecule has 0 aromatic heterocycles. The predicted molar refractivity (Wildman–Crippen MR) is 81.6 cm³/mol. The molecule has 1 aliphatic rings. The monoisotopic (exact) mass is 316 g/mol. The maximum atomic E-state index is 12.4. The molecule has 112 valence electrons. The fraction of sp³-hybridized carbons (Fsp3) is 0.571. The van der Waals surface area contributed by atoms with Crippen molar-refractivity contribution in [3.8, 4) is 0 Å². The van der Waals surface area contributed by atoms with Gasteiger partial charge in [0.15, 0.2) is 0 Å². The van der Waals surface area contributed by atoms with Crippen LogP contribution in [0.2, 0.25) is 5.02 Å². The van der Waals surface area contributed by atoms with Crippen LogP contribution in [0.25, 0.3) is 0 Å². The van der Waals surface area contributed by atoms with Gasteiger partial charge >= 0.3 is 0 Å². The molecule has 1 aliphatic heterocycles. The molecule has 4 nitrogen and oxygen atoms in total. The van der Waals surface area contributed by atoms with E-state index < -0.39 is 10.0 Å². The van der Waals surface area contributed by atoms with Crippen molar-refractivity contribution in [2.24, 2.45) is 0 Å². The highest BCUT2D eigenvalue weighted by atomic mass is 35.5. The molecule has 0 radical (unpaired) electrons. The molecule has 20 heavy (non-hydrogen) atoms. The molecule has 1 fully saturated rings. The fourth-order valence-electron chi connectivity index (χ4n) is 2.37. The smallest absolute Gasteiger partial charge is 0.242 e. The number of rotatable bonds is 5. The van der Waals surface area contributed by atoms with Crippen molar-refractivity contribution in [2.45, 2.75) is 24.2 Å². The van der Waals surface area contributed by atoms with E-state index in [0.717, 1.165) is 19.6 Å². The molecule has 0 amide bonds. The average molecular weight is 317 g/mol. The summed E-state index contributed by atoms with van der Waals surface area (Å²) in [6.07, 6.45) is 3.72. The average Bonchev–Trinajstić information content (AvgIpc) is 2.46. The first-order chi connectivity index (χ1) is 9.50. The van der Waals surface area contributed by atoms with Gasteiger partial charge in [0.2, 0.25) is 10.0 Å². The van der Waals surface area contributed by atoms with Crippen molar-refractivity contribution in [3.05, 3.63) is 29.3 Å². The molecular formula is C14H21ClN2O2S. The second kappa shape index (κ2) is 6.89. The summed E-state index contributed by atoms with van der Waals surface area (Å²) in [5.41, 5.74) is 0. The van der Waals surface area contributed by atoms with Gasteiger partial charge in [0, 0.05) is 25.2 Å². The zero-order valence-electron chi connectivity index (χ0n) is 11.8. The first-order valence-electron chi connectivity index (χ1n) is 6.94. The molecular weight excluding hydrogens is 296 g/mol. The minimum absolute atomic E-state index is 0.294. The Morgan fingerprint density at radius 1 is 1.15 bits per heavy atom. The summed E-state index contributed by atoms with van der Waals surface area (Å²) in [5.74, 6) is 0. The molecule has 1 heterocycles. The van der Waals surface area contributed by atoms with Crippen LogP contribution in [0.5, 0.6) is 0 Å². The van der Waals surface area contributed by atoms with E-state index in [9.17, 15) is 8.42 Å². The van der Waals surface area contributed by atoms with Crippen molar-refractivity contribution in [1.29, 1.82) is 0 Å². The Balaban J connectivity index is 1.96. The third-order valence-electron chi connectivity index (χ3n) is 3.70. The molecule has 0 aliphatic carbocycles. The van der Waals surface area contributed by atoms with Crippen LogP contribution in [0.15, 0.2) is 29.2 Å². The topological polar surface area (TPSA) is 40.6 Å². The summed E-state index contributed by atoms with van der Waals surface area (Å²) in [5, 5.41) is 0.542. The lowest BCUT2D eigenvalue weighted by Gasteiger charge is -2.28. The van der Waals surface area contributed by atoms with E-state index >= 15 is 0 Å². The molecule has 1 aromatic carbocycles. The number of hydrogen-bond donors (Lipinski definition) is 0. The highest BCUT2D eigenvalue weighted by molar-refractivity contribution is 7.89. The van der Waals surface area contributed by atoms with E-state index in [1.807, 2.05) is 0 Å². The molecule has 0 saturated carbocycles. The van der Waals surface area contributed by atoms with Gasteiger partial charge in [-0.2, -0.15) is 4.31 Å². The van der Waals surface area contributed by atoms with Crippen molar-refractivity contribution in [3.63, 3.8) is 0 Å². The van der Waals surface area contributed by atoms with Gasteiger partial charge in [-0.25, -0.2) is 8.42 Å². The van der Waals surface area contributed by atoms with Crippen molar-refractivity contribution < 1.29 is 8.42 Å². The van der Waals surface area contributed by atoms with Crippen molar-refractivity contribution in [2.75, 3.05) is 33.2 Å². The van der Waals surface area contributed by atoms with Crippen LogP contribution in [0.1, 0.15) is 19.3 Å². The number of benzene rings is 1. The highest BCUT2D eigenvalue weighted by Gasteiger charge is 2.21. The van der Waals surface area contributed by atoms with E-state index in [4.69, 9.17) is 11.6 Å². The summed E-state index contributed by atoms with van der Waals surface area (Å²) in [7, 11) is -1.78. The van der Waals surface area contributed by atoms with Crippen LogP contribution in [0.3, 0.4) is 0 Å². The lowest BCUT2D eigenvalue weighted by Crippen LogP contribution is -2.38. The van der Waals surface area contributed by atoms with Crippen LogP contribution >= 0.6 is 11.6 Å². The van der Waals surface area contributed by atoms with Gasteiger partial charge in [-0.15, -0.1) is 0 Å². The number of likely N-dealkylation sites (tertiary alicyclic amines) is 1. The van der Waals surface area contributed by atoms with E-state index in [2.05, 4.69) is 4.90 Å². The van der Waals surface area contributed by atoms with Gasteiger partial charge in [-0.1, -0.05) is 18.0 Å². The van der Waals surface area contributed by atoms with Crippen LogP contribution in [-0.2, 0) is 10.0 Å². The summed E-state index contributed by atoms with van der Waals surface area (Å²) in [6, 6.07) is 6.31. The number of halogens is 1. The molecule has 2 rings (SSSR count). The Kier molecular flexibility index (Phi) is 5.43. The first kappa shape index (κ1) is 15.8. The van der Waals surface area contributed by atoms with E-state index in [1.165, 1.54) is 23.6 Å². The quantitative estimate of drug-likeness (QED) is 0.838. The summed E-state index contributed by atoms with van der Waals surface area (Å²) >= 11 is 5.79. The number of likely N-dealkylation sites (N-methyl/N-ethyl adjacent to an activating group) is 1. The third-order valence-corrected chi connectivity index (χ3v) is 5.82. The zero-order valence-corrected chi connectivity index (χ0v) is 13.3. The summed E-state index contributed by atoms with van der Waals surface area (Å²) in [6.45, 7) is 3.47. The Morgan fingerprint density at radius 2 is 1.75 bits per heavy atom. The second-order valence-corrected chi connectivity index (χ2v) is 7.66. The highest BCUT2D eigenvalue weighted by Crippen LogP contribution is 2.17. The molecule has 0 bridgehead atoms. The normalized spacial score (nSPS) is 17.6. The molecule has 6 heteroatoms.